The van der Waals surface area contributed by atoms with Gasteiger partial charge in [0.1, 0.15) is 21.1 Å². The Labute approximate surface area is 199 Å². The highest BCUT2D eigenvalue weighted by Crippen LogP contribution is 2.41. The molecule has 0 saturated heterocycles. The lowest BCUT2D eigenvalue weighted by Crippen LogP contribution is -2.16. The number of hydrogen-bond donors (Lipinski definition) is 1. The van der Waals surface area contributed by atoms with E-state index < -0.39 is 22.8 Å². The molecule has 0 spiro atoms. The molecule has 10 nitrogen and oxygen atoms in total. The summed E-state index contributed by atoms with van der Waals surface area (Å²) < 4.78 is 10.2. The lowest BCUT2D eigenvalue weighted by atomic mass is 10.1. The van der Waals surface area contributed by atoms with E-state index in [1.807, 2.05) is 0 Å². The average Bonchev–Trinajstić information content (AvgIpc) is 3.52. The van der Waals surface area contributed by atoms with E-state index in [1.54, 1.807) is 31.4 Å². The quantitative estimate of drug-likeness (QED) is 0.183. The fourth-order valence-electron chi connectivity index (χ4n) is 2.59. The first-order valence-corrected chi connectivity index (χ1v) is 12.0. The van der Waals surface area contributed by atoms with Gasteiger partial charge >= 0.3 is 16.9 Å². The summed E-state index contributed by atoms with van der Waals surface area (Å²) in [6.07, 6.45) is 1.34. The van der Waals surface area contributed by atoms with E-state index in [-0.39, 0.29) is 39.3 Å². The SMILES string of the molecule is CCOC(=O)c1c(N=Cc2ccc([N+](=O)[O-])s2)sc(NC(=O)c2cccs2)c1C(=O)OCC. The van der Waals surface area contributed by atoms with Crippen molar-refractivity contribution < 1.29 is 28.8 Å². The summed E-state index contributed by atoms with van der Waals surface area (Å²) in [5.41, 5.74) is -0.307. The Hall–Kier alpha value is -3.42. The molecule has 1 N–H and O–H groups in total. The van der Waals surface area contributed by atoms with Gasteiger partial charge < -0.3 is 14.8 Å². The van der Waals surface area contributed by atoms with Crippen molar-refractivity contribution in [3.8, 4) is 0 Å². The zero-order chi connectivity index (χ0) is 24.0. The monoisotopic (exact) mass is 507 g/mol. The Balaban J connectivity index is 2.08. The largest absolute Gasteiger partial charge is 0.462 e. The highest BCUT2D eigenvalue weighted by Gasteiger charge is 2.31. The second-order valence-electron chi connectivity index (χ2n) is 6.05. The molecule has 13 heteroatoms. The lowest BCUT2D eigenvalue weighted by molar-refractivity contribution is -0.380. The molecule has 33 heavy (non-hydrogen) atoms. The minimum atomic E-state index is -0.813. The van der Waals surface area contributed by atoms with E-state index >= 15 is 0 Å². The van der Waals surface area contributed by atoms with E-state index in [0.717, 1.165) is 22.7 Å². The van der Waals surface area contributed by atoms with Gasteiger partial charge in [0.25, 0.3) is 5.91 Å². The first-order valence-electron chi connectivity index (χ1n) is 9.49. The molecule has 3 aromatic heterocycles. The standard InChI is InChI=1S/C20H17N3O7S3/c1-3-29-19(25)14-15(20(26)30-4-2)18(22-16(24)12-6-5-9-31-12)33-17(14)21-10-11-7-8-13(32-11)23(27)28/h5-10H,3-4H2,1-2H3,(H,22,24). The van der Waals surface area contributed by atoms with Crippen LogP contribution in [0.25, 0.3) is 0 Å². The average molecular weight is 508 g/mol. The Bertz CT molecular complexity index is 1210. The third-order valence-electron chi connectivity index (χ3n) is 3.92. The Morgan fingerprint density at radius 2 is 1.79 bits per heavy atom. The van der Waals surface area contributed by atoms with Crippen LogP contribution < -0.4 is 5.32 Å². The topological polar surface area (TPSA) is 137 Å². The number of aliphatic imine (C=N–C) groups is 1. The molecular weight excluding hydrogens is 490 g/mol. The van der Waals surface area contributed by atoms with Gasteiger partial charge in [-0.1, -0.05) is 28.7 Å². The predicted octanol–water partition coefficient (Wildman–Crippen LogP) is 5.14. The number of thiophene rings is 3. The maximum Gasteiger partial charge on any atom is 0.342 e. The van der Waals surface area contributed by atoms with E-state index in [1.165, 1.54) is 29.7 Å². The molecule has 0 aliphatic heterocycles. The van der Waals surface area contributed by atoms with Crippen LogP contribution >= 0.6 is 34.0 Å². The molecule has 0 radical (unpaired) electrons. The zero-order valence-corrected chi connectivity index (χ0v) is 19.8. The summed E-state index contributed by atoms with van der Waals surface area (Å²) in [5.74, 6) is -2.08. The van der Waals surface area contributed by atoms with Gasteiger partial charge in [-0.3, -0.25) is 14.9 Å². The van der Waals surface area contributed by atoms with Crippen LogP contribution in [0.4, 0.5) is 15.0 Å². The second kappa shape index (κ2) is 10.9. The summed E-state index contributed by atoms with van der Waals surface area (Å²) in [7, 11) is 0. The molecule has 1 amide bonds. The van der Waals surface area contributed by atoms with Gasteiger partial charge in [0, 0.05) is 12.3 Å². The van der Waals surface area contributed by atoms with E-state index in [0.29, 0.717) is 9.75 Å². The lowest BCUT2D eigenvalue weighted by Gasteiger charge is -2.07. The fraction of sp³-hybridized carbons (Fsp3) is 0.200. The first-order chi connectivity index (χ1) is 15.8. The van der Waals surface area contributed by atoms with Gasteiger partial charge in [-0.05, 0) is 31.4 Å². The number of nitro groups is 1. The Morgan fingerprint density at radius 1 is 1.09 bits per heavy atom. The molecule has 0 aliphatic carbocycles. The first kappa shape index (κ1) is 24.2. The van der Waals surface area contributed by atoms with Crippen LogP contribution in [-0.2, 0) is 9.47 Å². The van der Waals surface area contributed by atoms with Crippen LogP contribution in [0.5, 0.6) is 0 Å². The van der Waals surface area contributed by atoms with Crippen molar-refractivity contribution in [3.05, 3.63) is 60.6 Å². The molecule has 0 aliphatic rings. The van der Waals surface area contributed by atoms with Crippen LogP contribution in [0.15, 0.2) is 34.6 Å². The van der Waals surface area contributed by atoms with E-state index in [2.05, 4.69) is 10.3 Å². The minimum Gasteiger partial charge on any atom is -0.462 e. The summed E-state index contributed by atoms with van der Waals surface area (Å²) in [6.45, 7) is 3.32. The maximum absolute atomic E-state index is 12.7. The molecule has 0 saturated carbocycles. The number of nitrogens with one attached hydrogen (secondary N) is 1. The van der Waals surface area contributed by atoms with Crippen molar-refractivity contribution >= 4 is 73.1 Å². The van der Waals surface area contributed by atoms with Gasteiger partial charge in [-0.2, -0.15) is 0 Å². The molecule has 172 valence electrons. The van der Waals surface area contributed by atoms with Crippen molar-refractivity contribution in [2.75, 3.05) is 18.5 Å². The summed E-state index contributed by atoms with van der Waals surface area (Å²) in [6, 6.07) is 6.17. The number of amides is 1. The third-order valence-corrected chi connectivity index (χ3v) is 6.78. The molecule has 0 bridgehead atoms. The molecule has 0 atom stereocenters. The minimum absolute atomic E-state index is 0.0483. The van der Waals surface area contributed by atoms with E-state index in [4.69, 9.17) is 9.47 Å². The van der Waals surface area contributed by atoms with Crippen molar-refractivity contribution in [2.24, 2.45) is 4.99 Å². The fourth-order valence-corrected chi connectivity index (χ4v) is 4.92. The number of carbonyl (C=O) groups is 3. The number of nitrogens with zero attached hydrogens (tertiary/aromatic N) is 2. The highest BCUT2D eigenvalue weighted by atomic mass is 32.1. The van der Waals surface area contributed by atoms with Crippen molar-refractivity contribution in [3.63, 3.8) is 0 Å². The van der Waals surface area contributed by atoms with Gasteiger partial charge in [-0.15, -0.1) is 11.3 Å². The van der Waals surface area contributed by atoms with Gasteiger partial charge in [0.05, 0.1) is 27.9 Å². The summed E-state index contributed by atoms with van der Waals surface area (Å²) in [4.78, 5) is 53.6. The van der Waals surface area contributed by atoms with Crippen LogP contribution in [0.1, 0.15) is 49.1 Å². The smallest absolute Gasteiger partial charge is 0.342 e. The molecule has 3 aromatic rings. The van der Waals surface area contributed by atoms with Crippen LogP contribution in [0.2, 0.25) is 0 Å². The van der Waals surface area contributed by atoms with Crippen molar-refractivity contribution in [1.29, 1.82) is 0 Å². The number of hydrogen-bond acceptors (Lipinski definition) is 11. The molecule has 0 unspecified atom stereocenters. The Kier molecular flexibility index (Phi) is 8.03. The van der Waals surface area contributed by atoms with Gasteiger partial charge in [0.15, 0.2) is 0 Å². The van der Waals surface area contributed by atoms with Crippen LogP contribution in [0, 0.1) is 10.1 Å². The molecular formula is C20H17N3O7S3. The maximum atomic E-state index is 12.7. The molecule has 3 heterocycles. The molecule has 3 rings (SSSR count). The molecule has 0 fully saturated rings. The molecule has 0 aromatic carbocycles. The zero-order valence-electron chi connectivity index (χ0n) is 17.4. The second-order valence-corrected chi connectivity index (χ2v) is 9.09. The van der Waals surface area contributed by atoms with Crippen molar-refractivity contribution in [2.45, 2.75) is 13.8 Å². The number of ether oxygens (including phenoxy) is 2. The van der Waals surface area contributed by atoms with Crippen LogP contribution in [0.3, 0.4) is 0 Å². The number of carbonyl (C=O) groups excluding carboxylic acids is 3. The van der Waals surface area contributed by atoms with Gasteiger partial charge in [-0.25, -0.2) is 14.6 Å². The Morgan fingerprint density at radius 3 is 2.36 bits per heavy atom. The predicted molar refractivity (Wildman–Crippen MR) is 127 cm³/mol. The number of anilines is 1. The van der Waals surface area contributed by atoms with Gasteiger partial charge in [0.2, 0.25) is 0 Å². The van der Waals surface area contributed by atoms with Crippen LogP contribution in [-0.4, -0.2) is 42.2 Å². The summed E-state index contributed by atoms with van der Waals surface area (Å²) >= 11 is 3.01. The number of esters is 2. The number of rotatable bonds is 9. The van der Waals surface area contributed by atoms with Crippen molar-refractivity contribution in [1.82, 2.24) is 0 Å². The normalized spacial score (nSPS) is 10.8. The third kappa shape index (κ3) is 5.69. The highest BCUT2D eigenvalue weighted by molar-refractivity contribution is 7.21. The summed E-state index contributed by atoms with van der Waals surface area (Å²) in [5, 5.41) is 15.4. The van der Waals surface area contributed by atoms with E-state index in [9.17, 15) is 24.5 Å².